The third-order valence-electron chi connectivity index (χ3n) is 5.53. The largest absolute Gasteiger partial charge is 0.497 e. The molecule has 1 saturated carbocycles. The molecule has 7 nitrogen and oxygen atoms in total. The number of hydrogen-bond donors (Lipinski definition) is 0. The first-order chi connectivity index (χ1) is 14.9. The fraction of sp³-hybridized carbons (Fsp3) is 0.409. The first kappa shape index (κ1) is 22.1. The minimum absolute atomic E-state index is 0.0397. The number of halogens is 1. The zero-order valence-electron chi connectivity index (χ0n) is 17.3. The summed E-state index contributed by atoms with van der Waals surface area (Å²) in [6.45, 7) is 1.66. The zero-order valence-corrected chi connectivity index (χ0v) is 18.9. The molecule has 4 rings (SSSR count). The van der Waals surface area contributed by atoms with Gasteiger partial charge < -0.3 is 14.4 Å². The Morgan fingerprint density at radius 1 is 1.16 bits per heavy atom. The van der Waals surface area contributed by atoms with Crippen molar-refractivity contribution in [1.29, 1.82) is 0 Å². The van der Waals surface area contributed by atoms with Crippen molar-refractivity contribution in [2.75, 3.05) is 33.4 Å². The lowest BCUT2D eigenvalue weighted by Gasteiger charge is -2.27. The molecule has 0 radical (unpaired) electrons. The molecule has 1 heterocycles. The van der Waals surface area contributed by atoms with Crippen molar-refractivity contribution in [2.24, 2.45) is 0 Å². The van der Waals surface area contributed by atoms with Gasteiger partial charge in [0, 0.05) is 31.2 Å². The Bertz CT molecular complexity index is 1050. The van der Waals surface area contributed by atoms with E-state index in [2.05, 4.69) is 0 Å². The molecule has 0 unspecified atom stereocenters. The summed E-state index contributed by atoms with van der Waals surface area (Å²) in [4.78, 5) is 15.1. The van der Waals surface area contributed by atoms with Gasteiger partial charge in [-0.2, -0.15) is 4.31 Å². The Morgan fingerprint density at radius 2 is 1.84 bits per heavy atom. The van der Waals surface area contributed by atoms with Gasteiger partial charge in [-0.3, -0.25) is 4.79 Å². The highest BCUT2D eigenvalue weighted by Gasteiger charge is 2.34. The molecule has 2 aliphatic rings. The normalized spacial score (nSPS) is 17.4. The van der Waals surface area contributed by atoms with Crippen LogP contribution in [0.3, 0.4) is 0 Å². The number of ether oxygens (including phenoxy) is 2. The maximum Gasteiger partial charge on any atom is 0.254 e. The van der Waals surface area contributed by atoms with Gasteiger partial charge in [0.2, 0.25) is 10.0 Å². The number of rotatable bonds is 7. The molecule has 0 spiro atoms. The molecule has 0 N–H and O–H groups in total. The highest BCUT2D eigenvalue weighted by atomic mass is 35.5. The van der Waals surface area contributed by atoms with E-state index in [1.807, 2.05) is 24.3 Å². The zero-order chi connectivity index (χ0) is 22.0. The molecule has 1 aliphatic heterocycles. The summed E-state index contributed by atoms with van der Waals surface area (Å²) in [7, 11) is -2.20. The maximum atomic E-state index is 13.4. The smallest absolute Gasteiger partial charge is 0.254 e. The highest BCUT2D eigenvalue weighted by molar-refractivity contribution is 7.89. The Kier molecular flexibility index (Phi) is 6.52. The van der Waals surface area contributed by atoms with Crippen LogP contribution in [0.2, 0.25) is 5.02 Å². The Hall–Kier alpha value is -2.13. The van der Waals surface area contributed by atoms with E-state index in [1.54, 1.807) is 18.1 Å². The molecule has 1 saturated heterocycles. The summed E-state index contributed by atoms with van der Waals surface area (Å²) in [5.74, 6) is 0.553. The fourth-order valence-corrected chi connectivity index (χ4v) is 5.51. The van der Waals surface area contributed by atoms with Gasteiger partial charge in [-0.1, -0.05) is 23.7 Å². The van der Waals surface area contributed by atoms with Gasteiger partial charge >= 0.3 is 0 Å². The van der Waals surface area contributed by atoms with Crippen molar-refractivity contribution < 1.29 is 22.7 Å². The van der Waals surface area contributed by atoms with E-state index in [4.69, 9.17) is 21.1 Å². The monoisotopic (exact) mass is 464 g/mol. The lowest BCUT2D eigenvalue weighted by Crippen LogP contribution is -2.40. The van der Waals surface area contributed by atoms with Crippen LogP contribution >= 0.6 is 11.6 Å². The number of carbonyl (C=O) groups excluding carboxylic acids is 1. The van der Waals surface area contributed by atoms with Crippen LogP contribution in [-0.4, -0.2) is 63.0 Å². The van der Waals surface area contributed by atoms with Crippen molar-refractivity contribution in [3.8, 4) is 5.75 Å². The van der Waals surface area contributed by atoms with Gasteiger partial charge in [0.1, 0.15) is 10.6 Å². The summed E-state index contributed by atoms with van der Waals surface area (Å²) < 4.78 is 38.0. The molecule has 31 heavy (non-hydrogen) atoms. The number of morpholine rings is 1. The summed E-state index contributed by atoms with van der Waals surface area (Å²) in [5.41, 5.74) is 1.30. The van der Waals surface area contributed by atoms with Crippen molar-refractivity contribution in [3.05, 3.63) is 58.6 Å². The van der Waals surface area contributed by atoms with Crippen LogP contribution in [0.1, 0.15) is 28.8 Å². The predicted molar refractivity (Wildman–Crippen MR) is 117 cm³/mol. The number of nitrogens with zero attached hydrogens (tertiary/aromatic N) is 2. The van der Waals surface area contributed by atoms with Crippen molar-refractivity contribution in [2.45, 2.75) is 30.3 Å². The number of amides is 1. The second-order valence-electron chi connectivity index (χ2n) is 7.67. The maximum absolute atomic E-state index is 13.4. The van der Waals surface area contributed by atoms with Crippen LogP contribution in [0, 0.1) is 0 Å². The topological polar surface area (TPSA) is 76.2 Å². The Morgan fingerprint density at radius 3 is 2.45 bits per heavy atom. The lowest BCUT2D eigenvalue weighted by atomic mass is 10.1. The number of hydrogen-bond acceptors (Lipinski definition) is 5. The number of benzene rings is 2. The number of methoxy groups -OCH3 is 1. The minimum atomic E-state index is -3.81. The molecule has 2 aromatic rings. The lowest BCUT2D eigenvalue weighted by molar-refractivity contribution is 0.0725. The third-order valence-corrected chi connectivity index (χ3v) is 7.91. The van der Waals surface area contributed by atoms with Gasteiger partial charge in [-0.05, 0) is 48.7 Å². The second kappa shape index (κ2) is 9.16. The average Bonchev–Trinajstić information content (AvgIpc) is 3.63. The summed E-state index contributed by atoms with van der Waals surface area (Å²) >= 11 is 6.24. The molecular formula is C22H25ClN2O5S. The Labute approximate surface area is 187 Å². The van der Waals surface area contributed by atoms with Crippen molar-refractivity contribution in [1.82, 2.24) is 9.21 Å². The van der Waals surface area contributed by atoms with Crippen molar-refractivity contribution >= 4 is 27.5 Å². The van der Waals surface area contributed by atoms with E-state index in [1.165, 1.54) is 16.4 Å². The van der Waals surface area contributed by atoms with E-state index in [0.717, 1.165) is 24.2 Å². The van der Waals surface area contributed by atoms with Crippen LogP contribution < -0.4 is 4.74 Å². The molecular weight excluding hydrogens is 440 g/mol. The van der Waals surface area contributed by atoms with Gasteiger partial charge in [0.15, 0.2) is 0 Å². The number of carbonyl (C=O) groups is 1. The average molecular weight is 465 g/mol. The summed E-state index contributed by atoms with van der Waals surface area (Å²) in [6, 6.07) is 12.2. The molecule has 1 aliphatic carbocycles. The second-order valence-corrected chi connectivity index (χ2v) is 9.99. The first-order valence-electron chi connectivity index (χ1n) is 10.2. The molecule has 166 valence electrons. The first-order valence-corrected chi connectivity index (χ1v) is 12.0. The molecule has 1 amide bonds. The number of sulfonamides is 1. The van der Waals surface area contributed by atoms with Crippen molar-refractivity contribution in [3.63, 3.8) is 0 Å². The highest BCUT2D eigenvalue weighted by Crippen LogP contribution is 2.32. The molecule has 2 fully saturated rings. The van der Waals surface area contributed by atoms with E-state index >= 15 is 0 Å². The summed E-state index contributed by atoms with van der Waals surface area (Å²) in [6.07, 6.45) is 1.88. The molecule has 2 aromatic carbocycles. The fourth-order valence-electron chi connectivity index (χ4n) is 3.61. The van der Waals surface area contributed by atoms with Crippen LogP contribution in [0.4, 0.5) is 0 Å². The summed E-state index contributed by atoms with van der Waals surface area (Å²) in [5, 5.41) is 0.108. The Balaban J connectivity index is 1.60. The van der Waals surface area contributed by atoms with E-state index < -0.39 is 10.0 Å². The van der Waals surface area contributed by atoms with Crippen LogP contribution in [0.25, 0.3) is 0 Å². The minimum Gasteiger partial charge on any atom is -0.497 e. The van der Waals surface area contributed by atoms with Crippen LogP contribution in [0.5, 0.6) is 5.75 Å². The molecule has 9 heteroatoms. The predicted octanol–water partition coefficient (Wildman–Crippen LogP) is 3.17. The van der Waals surface area contributed by atoms with Gasteiger partial charge in [-0.25, -0.2) is 8.42 Å². The van der Waals surface area contributed by atoms with E-state index in [0.29, 0.717) is 25.3 Å². The molecule has 0 atom stereocenters. The van der Waals surface area contributed by atoms with Gasteiger partial charge in [0.25, 0.3) is 5.91 Å². The SMILES string of the molecule is COc1ccc(CN(C(=O)c2ccc(Cl)c(S(=O)(=O)N3CCOCC3)c2)C2CC2)cc1. The van der Waals surface area contributed by atoms with Gasteiger partial charge in [-0.15, -0.1) is 0 Å². The van der Waals surface area contributed by atoms with E-state index in [-0.39, 0.29) is 35.0 Å². The van der Waals surface area contributed by atoms with Crippen LogP contribution in [-0.2, 0) is 21.3 Å². The molecule has 0 aromatic heterocycles. The third kappa shape index (κ3) is 4.87. The van der Waals surface area contributed by atoms with Crippen LogP contribution in [0.15, 0.2) is 47.4 Å². The quantitative estimate of drug-likeness (QED) is 0.629. The van der Waals surface area contributed by atoms with E-state index in [9.17, 15) is 13.2 Å². The standard InChI is InChI=1S/C22H25ClN2O5S/c1-29-19-7-2-16(3-8-19)15-25(18-5-6-18)22(26)17-4-9-20(23)21(14-17)31(27,28)24-10-12-30-13-11-24/h2-4,7-9,14,18H,5-6,10-13,15H2,1H3. The van der Waals surface area contributed by atoms with Gasteiger partial charge in [0.05, 0.1) is 25.3 Å². The molecule has 0 bridgehead atoms.